The molecule has 18 heavy (non-hydrogen) atoms. The Labute approximate surface area is 104 Å². The van der Waals surface area contributed by atoms with E-state index in [9.17, 15) is 9.59 Å². The average Bonchev–Trinajstić information content (AvgIpc) is 2.38. The quantitative estimate of drug-likeness (QED) is 0.778. The fourth-order valence-corrected chi connectivity index (χ4v) is 1.70. The van der Waals surface area contributed by atoms with Crippen LogP contribution >= 0.6 is 0 Å². The molecule has 0 saturated heterocycles. The van der Waals surface area contributed by atoms with Crippen molar-refractivity contribution in [2.75, 3.05) is 7.11 Å². The fourth-order valence-electron chi connectivity index (χ4n) is 1.70. The molecule has 0 radical (unpaired) electrons. The van der Waals surface area contributed by atoms with Gasteiger partial charge in [-0.15, -0.1) is 0 Å². The molecule has 4 heteroatoms. The van der Waals surface area contributed by atoms with Gasteiger partial charge in [0.25, 0.3) is 0 Å². The SMILES string of the molecule is COc1cc(-c2ccccc2)oc(=O)c1C(C)=O. The van der Waals surface area contributed by atoms with Gasteiger partial charge in [0.15, 0.2) is 5.78 Å². The predicted molar refractivity (Wildman–Crippen MR) is 67.0 cm³/mol. The Kier molecular flexibility index (Phi) is 3.28. The lowest BCUT2D eigenvalue weighted by Crippen LogP contribution is -2.13. The zero-order valence-electron chi connectivity index (χ0n) is 10.1. The minimum atomic E-state index is -0.680. The van der Waals surface area contributed by atoms with Gasteiger partial charge in [0.2, 0.25) is 0 Å². The summed E-state index contributed by atoms with van der Waals surface area (Å²) >= 11 is 0. The number of benzene rings is 1. The van der Waals surface area contributed by atoms with Crippen LogP contribution in [0.4, 0.5) is 0 Å². The molecular weight excluding hydrogens is 232 g/mol. The molecule has 1 aromatic heterocycles. The Bertz CT molecular complexity index is 626. The van der Waals surface area contributed by atoms with E-state index in [0.29, 0.717) is 5.76 Å². The summed E-state index contributed by atoms with van der Waals surface area (Å²) in [7, 11) is 1.41. The highest BCUT2D eigenvalue weighted by Gasteiger charge is 2.17. The van der Waals surface area contributed by atoms with Gasteiger partial charge < -0.3 is 9.15 Å². The van der Waals surface area contributed by atoms with Crippen LogP contribution in [0.5, 0.6) is 5.75 Å². The fraction of sp³-hybridized carbons (Fsp3) is 0.143. The number of methoxy groups -OCH3 is 1. The summed E-state index contributed by atoms with van der Waals surface area (Å²) in [4.78, 5) is 23.1. The summed E-state index contributed by atoms with van der Waals surface area (Å²) in [6.07, 6.45) is 0. The topological polar surface area (TPSA) is 56.5 Å². The van der Waals surface area contributed by atoms with E-state index in [2.05, 4.69) is 0 Å². The summed E-state index contributed by atoms with van der Waals surface area (Å²) in [5.41, 5.74) is 0.0147. The molecule has 0 aliphatic rings. The monoisotopic (exact) mass is 244 g/mol. The van der Waals surface area contributed by atoms with Crippen molar-refractivity contribution in [3.05, 3.63) is 52.4 Å². The molecule has 4 nitrogen and oxygen atoms in total. The standard InChI is InChI=1S/C14H12O4/c1-9(15)13-12(17-2)8-11(18-14(13)16)10-6-4-3-5-7-10/h3-8H,1-2H3. The number of ether oxygens (including phenoxy) is 1. The molecule has 0 aliphatic heterocycles. The number of carbonyl (C=O) groups excluding carboxylic acids is 1. The summed E-state index contributed by atoms with van der Waals surface area (Å²) in [5.74, 6) is 0.236. The molecule has 2 rings (SSSR count). The molecule has 0 atom stereocenters. The van der Waals surface area contributed by atoms with E-state index in [1.54, 1.807) is 6.07 Å². The van der Waals surface area contributed by atoms with Gasteiger partial charge in [-0.3, -0.25) is 4.79 Å². The second-order valence-corrected chi connectivity index (χ2v) is 3.76. The average molecular weight is 244 g/mol. The third-order valence-corrected chi connectivity index (χ3v) is 2.55. The van der Waals surface area contributed by atoms with Crippen molar-refractivity contribution in [2.45, 2.75) is 6.92 Å². The summed E-state index contributed by atoms with van der Waals surface area (Å²) in [6.45, 7) is 1.30. The van der Waals surface area contributed by atoms with Gasteiger partial charge >= 0.3 is 5.63 Å². The van der Waals surface area contributed by atoms with Gasteiger partial charge in [-0.2, -0.15) is 0 Å². The van der Waals surface area contributed by atoms with E-state index in [4.69, 9.17) is 9.15 Å². The van der Waals surface area contributed by atoms with Crippen molar-refractivity contribution in [1.82, 2.24) is 0 Å². The van der Waals surface area contributed by atoms with Gasteiger partial charge in [-0.1, -0.05) is 30.3 Å². The Balaban J connectivity index is 2.64. The third kappa shape index (κ3) is 2.18. The van der Waals surface area contributed by atoms with Crippen molar-refractivity contribution in [1.29, 1.82) is 0 Å². The van der Waals surface area contributed by atoms with Crippen LogP contribution < -0.4 is 10.4 Å². The number of hydrogen-bond acceptors (Lipinski definition) is 4. The third-order valence-electron chi connectivity index (χ3n) is 2.55. The van der Waals surface area contributed by atoms with Gasteiger partial charge in [-0.25, -0.2) is 4.79 Å². The van der Waals surface area contributed by atoms with E-state index in [1.807, 2.05) is 30.3 Å². The number of ketones is 1. The molecule has 0 amide bonds. The lowest BCUT2D eigenvalue weighted by molar-refractivity contribution is 0.101. The highest BCUT2D eigenvalue weighted by Crippen LogP contribution is 2.24. The van der Waals surface area contributed by atoms with Crippen molar-refractivity contribution in [3.63, 3.8) is 0 Å². The lowest BCUT2D eigenvalue weighted by Gasteiger charge is -2.06. The van der Waals surface area contributed by atoms with Crippen molar-refractivity contribution in [3.8, 4) is 17.1 Å². The Morgan fingerprint density at radius 1 is 1.22 bits per heavy atom. The van der Waals surface area contributed by atoms with Crippen LogP contribution in [0.2, 0.25) is 0 Å². The van der Waals surface area contributed by atoms with Crippen molar-refractivity contribution < 1.29 is 13.9 Å². The highest BCUT2D eigenvalue weighted by molar-refractivity contribution is 5.96. The Hall–Kier alpha value is -2.36. The first-order chi connectivity index (χ1) is 8.63. The van der Waals surface area contributed by atoms with E-state index < -0.39 is 5.63 Å². The number of rotatable bonds is 3. The number of hydrogen-bond donors (Lipinski definition) is 0. The van der Waals surface area contributed by atoms with Crippen LogP contribution in [0, 0.1) is 0 Å². The largest absolute Gasteiger partial charge is 0.496 e. The molecule has 0 fully saturated rings. The molecule has 0 unspecified atom stereocenters. The summed E-state index contributed by atoms with van der Waals surface area (Å²) < 4.78 is 10.2. The van der Waals surface area contributed by atoms with Gasteiger partial charge in [0.1, 0.15) is 17.1 Å². The zero-order chi connectivity index (χ0) is 13.1. The molecule has 1 heterocycles. The molecule has 0 aliphatic carbocycles. The maximum atomic E-state index is 11.8. The van der Waals surface area contributed by atoms with E-state index >= 15 is 0 Å². The maximum absolute atomic E-state index is 11.8. The molecule has 0 saturated carbocycles. The molecule has 1 aromatic carbocycles. The minimum absolute atomic E-state index is 0.0582. The van der Waals surface area contributed by atoms with Crippen molar-refractivity contribution >= 4 is 5.78 Å². The molecule has 2 aromatic rings. The number of carbonyl (C=O) groups is 1. The highest BCUT2D eigenvalue weighted by atomic mass is 16.5. The molecule has 0 N–H and O–H groups in total. The lowest BCUT2D eigenvalue weighted by atomic mass is 10.1. The van der Waals surface area contributed by atoms with Gasteiger partial charge in [-0.05, 0) is 6.92 Å². The Morgan fingerprint density at radius 3 is 2.44 bits per heavy atom. The first kappa shape index (κ1) is 12.1. The molecule has 92 valence electrons. The van der Waals surface area contributed by atoms with Crippen LogP contribution in [0.1, 0.15) is 17.3 Å². The summed E-state index contributed by atoms with van der Waals surface area (Å²) in [5, 5.41) is 0. The van der Waals surface area contributed by atoms with E-state index in [-0.39, 0.29) is 17.1 Å². The van der Waals surface area contributed by atoms with E-state index in [1.165, 1.54) is 14.0 Å². The van der Waals surface area contributed by atoms with E-state index in [0.717, 1.165) is 5.56 Å². The molecule has 0 spiro atoms. The van der Waals surface area contributed by atoms with Crippen LogP contribution in [-0.2, 0) is 0 Å². The minimum Gasteiger partial charge on any atom is -0.496 e. The number of Topliss-reactive ketones (excluding diaryl/α,β-unsaturated/α-hetero) is 1. The first-order valence-electron chi connectivity index (χ1n) is 5.42. The first-order valence-corrected chi connectivity index (χ1v) is 5.42. The van der Waals surface area contributed by atoms with Crippen LogP contribution in [0.15, 0.2) is 45.6 Å². The zero-order valence-corrected chi connectivity index (χ0v) is 10.1. The van der Waals surface area contributed by atoms with Gasteiger partial charge in [0, 0.05) is 11.6 Å². The van der Waals surface area contributed by atoms with Crippen LogP contribution in [-0.4, -0.2) is 12.9 Å². The van der Waals surface area contributed by atoms with Crippen LogP contribution in [0.25, 0.3) is 11.3 Å². The second kappa shape index (κ2) is 4.87. The maximum Gasteiger partial charge on any atom is 0.351 e. The van der Waals surface area contributed by atoms with Crippen molar-refractivity contribution in [2.24, 2.45) is 0 Å². The Morgan fingerprint density at radius 2 is 1.89 bits per heavy atom. The summed E-state index contributed by atoms with van der Waals surface area (Å²) in [6, 6.07) is 10.7. The van der Waals surface area contributed by atoms with Crippen LogP contribution in [0.3, 0.4) is 0 Å². The second-order valence-electron chi connectivity index (χ2n) is 3.76. The predicted octanol–water partition coefficient (Wildman–Crippen LogP) is 2.52. The normalized spacial score (nSPS) is 10.1. The van der Waals surface area contributed by atoms with Gasteiger partial charge in [0.05, 0.1) is 7.11 Å². The molecule has 0 bridgehead atoms. The molecular formula is C14H12O4. The smallest absolute Gasteiger partial charge is 0.351 e.